The van der Waals surface area contributed by atoms with E-state index in [1.807, 2.05) is 12.3 Å². The second-order valence-electron chi connectivity index (χ2n) is 6.62. The zero-order valence-electron chi connectivity index (χ0n) is 12.5. The van der Waals surface area contributed by atoms with Gasteiger partial charge in [0.2, 0.25) is 10.0 Å². The Bertz CT molecular complexity index is 758. The Hall–Kier alpha value is -1.18. The molecule has 0 atom stereocenters. The Balaban J connectivity index is 2.66. The van der Waals surface area contributed by atoms with Crippen LogP contribution in [0.4, 0.5) is 0 Å². The zero-order valence-corrected chi connectivity index (χ0v) is 14.3. The molecule has 0 unspecified atom stereocenters. The first-order chi connectivity index (χ1) is 8.94. The van der Waals surface area contributed by atoms with Crippen molar-refractivity contribution in [3.05, 3.63) is 24.5 Å². The van der Waals surface area contributed by atoms with E-state index in [1.165, 1.54) is 6.20 Å². The van der Waals surface area contributed by atoms with Gasteiger partial charge in [0.1, 0.15) is 10.5 Å². The van der Waals surface area contributed by atoms with Crippen molar-refractivity contribution in [2.45, 2.75) is 43.8 Å². The van der Waals surface area contributed by atoms with Crippen LogP contribution in [0.25, 0.3) is 11.0 Å². The van der Waals surface area contributed by atoms with E-state index in [-0.39, 0.29) is 9.93 Å². The zero-order chi connectivity index (χ0) is 15.3. The number of fused-ring (bicyclic) bond motifs is 1. The van der Waals surface area contributed by atoms with E-state index < -0.39 is 18.3 Å². The van der Waals surface area contributed by atoms with Crippen molar-refractivity contribution in [3.8, 4) is 0 Å². The summed E-state index contributed by atoms with van der Waals surface area (Å²) in [7, 11) is -5.49. The van der Waals surface area contributed by atoms with E-state index in [1.54, 1.807) is 6.07 Å². The van der Waals surface area contributed by atoms with E-state index in [0.717, 1.165) is 11.0 Å². The van der Waals surface area contributed by atoms with Gasteiger partial charge >= 0.3 is 0 Å². The standard InChI is InChI=1S/C13H21N3O2SSi/c1-13(2,3)20(4,5)16-7-6-10-8-11(19(14,17)18)9-15-12(10)16/h6-9H,1-5H3,(H2,14,17,18). The molecule has 0 aromatic carbocycles. The van der Waals surface area contributed by atoms with E-state index in [0.29, 0.717) is 0 Å². The fourth-order valence-electron chi connectivity index (χ4n) is 1.97. The minimum absolute atomic E-state index is 0.0537. The van der Waals surface area contributed by atoms with Gasteiger partial charge in [-0.25, -0.2) is 18.5 Å². The Kier molecular flexibility index (Phi) is 3.35. The summed E-state index contributed by atoms with van der Waals surface area (Å²) in [6, 6.07) is 3.48. The lowest BCUT2D eigenvalue weighted by Gasteiger charge is -2.38. The van der Waals surface area contributed by atoms with Gasteiger partial charge in [-0.2, -0.15) is 0 Å². The number of nitrogens with zero attached hydrogens (tertiary/aromatic N) is 2. The summed E-state index contributed by atoms with van der Waals surface area (Å²) >= 11 is 0. The molecule has 2 aromatic heterocycles. The monoisotopic (exact) mass is 311 g/mol. The lowest BCUT2D eigenvalue weighted by molar-refractivity contribution is 0.597. The van der Waals surface area contributed by atoms with E-state index in [9.17, 15) is 8.42 Å². The molecule has 2 N–H and O–H groups in total. The Labute approximate surface area is 121 Å². The van der Waals surface area contributed by atoms with Crippen LogP contribution in [-0.2, 0) is 10.0 Å². The van der Waals surface area contributed by atoms with Crippen LogP contribution in [-0.4, -0.2) is 25.9 Å². The molecular formula is C13H21N3O2SSi. The highest BCUT2D eigenvalue weighted by molar-refractivity contribution is 7.89. The number of nitrogens with two attached hydrogens (primary N) is 1. The molecule has 0 amide bonds. The molecule has 2 heterocycles. The van der Waals surface area contributed by atoms with Crippen molar-refractivity contribution in [2.24, 2.45) is 5.14 Å². The van der Waals surface area contributed by atoms with Crippen LogP contribution in [0.15, 0.2) is 29.4 Å². The highest BCUT2D eigenvalue weighted by atomic mass is 32.2. The van der Waals surface area contributed by atoms with Gasteiger partial charge in [0.25, 0.3) is 0 Å². The first-order valence-electron chi connectivity index (χ1n) is 6.45. The minimum Gasteiger partial charge on any atom is -0.359 e. The van der Waals surface area contributed by atoms with Crippen LogP contribution in [0.2, 0.25) is 18.1 Å². The number of pyridine rings is 1. The van der Waals surface area contributed by atoms with Gasteiger partial charge in [-0.3, -0.25) is 0 Å². The summed E-state index contributed by atoms with van der Waals surface area (Å²) in [5.74, 6) is 0. The average Bonchev–Trinajstić information content (AvgIpc) is 2.68. The molecule has 0 aliphatic rings. The van der Waals surface area contributed by atoms with Crippen molar-refractivity contribution in [1.29, 1.82) is 0 Å². The van der Waals surface area contributed by atoms with Crippen molar-refractivity contribution in [3.63, 3.8) is 0 Å². The van der Waals surface area contributed by atoms with Gasteiger partial charge in [0, 0.05) is 11.6 Å². The lowest BCUT2D eigenvalue weighted by atomic mass is 10.2. The van der Waals surface area contributed by atoms with Gasteiger partial charge < -0.3 is 4.23 Å². The van der Waals surface area contributed by atoms with Gasteiger partial charge in [0.05, 0.1) is 0 Å². The third kappa shape index (κ3) is 2.41. The van der Waals surface area contributed by atoms with Gasteiger partial charge in [0.15, 0.2) is 8.24 Å². The fraction of sp³-hybridized carbons (Fsp3) is 0.462. The van der Waals surface area contributed by atoms with E-state index >= 15 is 0 Å². The Morgan fingerprint density at radius 3 is 2.40 bits per heavy atom. The topological polar surface area (TPSA) is 78.0 Å². The summed E-state index contributed by atoms with van der Waals surface area (Å²) in [5, 5.41) is 6.12. The number of hydrogen-bond acceptors (Lipinski definition) is 3. The first kappa shape index (κ1) is 15.2. The maximum Gasteiger partial charge on any atom is 0.239 e. The predicted octanol–water partition coefficient (Wildman–Crippen LogP) is 2.54. The van der Waals surface area contributed by atoms with Crippen molar-refractivity contribution in [1.82, 2.24) is 9.22 Å². The summed E-state index contributed by atoms with van der Waals surface area (Å²) in [6.07, 6.45) is 3.34. The summed E-state index contributed by atoms with van der Waals surface area (Å²) in [5.41, 5.74) is 0.823. The van der Waals surface area contributed by atoms with Crippen LogP contribution in [0.5, 0.6) is 0 Å². The Morgan fingerprint density at radius 1 is 1.30 bits per heavy atom. The normalized spacial score (nSPS) is 13.9. The Morgan fingerprint density at radius 2 is 1.90 bits per heavy atom. The first-order valence-corrected chi connectivity index (χ1v) is 10.9. The third-order valence-electron chi connectivity index (χ3n) is 4.27. The van der Waals surface area contributed by atoms with E-state index in [4.69, 9.17) is 5.14 Å². The molecule has 110 valence electrons. The quantitative estimate of drug-likeness (QED) is 0.866. The molecule has 2 aromatic rings. The lowest BCUT2D eigenvalue weighted by Crippen LogP contribution is -2.45. The SMILES string of the molecule is CC(C)(C)[Si](C)(C)n1ccc2cc(S(N)(=O)=O)cnc21. The third-order valence-corrected chi connectivity index (χ3v) is 10.4. The molecule has 0 aliphatic carbocycles. The summed E-state index contributed by atoms with van der Waals surface area (Å²) in [6.45, 7) is 11.2. The fourth-order valence-corrected chi connectivity index (χ4v) is 4.35. The second kappa shape index (κ2) is 4.41. The molecule has 0 saturated heterocycles. The van der Waals surface area contributed by atoms with Gasteiger partial charge in [-0.1, -0.05) is 33.9 Å². The molecule has 7 heteroatoms. The number of sulfonamides is 1. The van der Waals surface area contributed by atoms with Gasteiger partial charge in [-0.05, 0) is 23.4 Å². The molecule has 0 saturated carbocycles. The molecule has 0 aliphatic heterocycles. The van der Waals surface area contributed by atoms with Crippen LogP contribution in [0.1, 0.15) is 20.8 Å². The molecule has 0 radical (unpaired) electrons. The molecular weight excluding hydrogens is 290 g/mol. The number of primary sulfonamides is 1. The van der Waals surface area contributed by atoms with Crippen LogP contribution in [0.3, 0.4) is 0 Å². The van der Waals surface area contributed by atoms with Crippen LogP contribution >= 0.6 is 0 Å². The van der Waals surface area contributed by atoms with E-state index in [2.05, 4.69) is 43.1 Å². The second-order valence-corrected chi connectivity index (χ2v) is 13.3. The minimum atomic E-state index is -3.71. The number of hydrogen-bond donors (Lipinski definition) is 1. The predicted molar refractivity (Wildman–Crippen MR) is 83.7 cm³/mol. The molecule has 20 heavy (non-hydrogen) atoms. The maximum absolute atomic E-state index is 11.4. The smallest absolute Gasteiger partial charge is 0.239 e. The highest BCUT2D eigenvalue weighted by Crippen LogP contribution is 2.38. The molecule has 0 fully saturated rings. The van der Waals surface area contributed by atoms with Crippen LogP contribution < -0.4 is 5.14 Å². The molecule has 0 spiro atoms. The van der Waals surface area contributed by atoms with Crippen molar-refractivity contribution < 1.29 is 8.42 Å². The van der Waals surface area contributed by atoms with Crippen molar-refractivity contribution >= 4 is 29.3 Å². The molecule has 0 bridgehead atoms. The number of rotatable bonds is 2. The van der Waals surface area contributed by atoms with Gasteiger partial charge in [-0.15, -0.1) is 0 Å². The maximum atomic E-state index is 11.4. The summed E-state index contributed by atoms with van der Waals surface area (Å²) in [4.78, 5) is 4.38. The average molecular weight is 311 g/mol. The largest absolute Gasteiger partial charge is 0.359 e. The highest BCUT2D eigenvalue weighted by Gasteiger charge is 2.38. The van der Waals surface area contributed by atoms with Crippen molar-refractivity contribution in [2.75, 3.05) is 0 Å². The molecule has 5 nitrogen and oxygen atoms in total. The van der Waals surface area contributed by atoms with Crippen LogP contribution in [0, 0.1) is 0 Å². The summed E-state index contributed by atoms with van der Waals surface area (Å²) < 4.78 is 25.0. The number of aromatic nitrogens is 2. The molecule has 2 rings (SSSR count).